The molecule has 0 fully saturated rings. The Labute approximate surface area is 195 Å². The van der Waals surface area contributed by atoms with Crippen LogP contribution in [0.4, 0.5) is 5.69 Å². The van der Waals surface area contributed by atoms with Gasteiger partial charge in [-0.05, 0) is 56.9 Å². The average Bonchev–Trinajstić information content (AvgIpc) is 3.33. The first kappa shape index (κ1) is 22.8. The van der Waals surface area contributed by atoms with Crippen LogP contribution in [-0.4, -0.2) is 33.8 Å². The van der Waals surface area contributed by atoms with E-state index in [0.717, 1.165) is 36.9 Å². The monoisotopic (exact) mass is 467 g/mol. The molecule has 9 heteroatoms. The molecule has 0 saturated heterocycles. The van der Waals surface area contributed by atoms with Crippen molar-refractivity contribution in [2.75, 3.05) is 17.7 Å². The minimum absolute atomic E-state index is 0.0677. The van der Waals surface area contributed by atoms with E-state index in [0.29, 0.717) is 28.6 Å². The fourth-order valence-electron chi connectivity index (χ4n) is 3.89. The van der Waals surface area contributed by atoms with Gasteiger partial charge in [-0.3, -0.25) is 9.36 Å². The highest BCUT2D eigenvalue weighted by molar-refractivity contribution is 8.00. The first-order chi connectivity index (χ1) is 16.1. The molecule has 3 aromatic rings. The Bertz CT molecular complexity index is 1200. The van der Waals surface area contributed by atoms with Crippen LogP contribution in [0.2, 0.25) is 0 Å². The van der Waals surface area contributed by atoms with Crippen molar-refractivity contribution in [2.45, 2.75) is 44.2 Å². The molecule has 0 bridgehead atoms. The van der Waals surface area contributed by atoms with E-state index in [9.17, 15) is 14.4 Å². The van der Waals surface area contributed by atoms with Crippen molar-refractivity contribution in [3.8, 4) is 0 Å². The van der Waals surface area contributed by atoms with E-state index in [4.69, 9.17) is 9.15 Å². The van der Waals surface area contributed by atoms with Crippen LogP contribution in [0.3, 0.4) is 0 Å². The van der Waals surface area contributed by atoms with Crippen molar-refractivity contribution in [2.24, 2.45) is 0 Å². The Morgan fingerprint density at radius 3 is 2.79 bits per heavy atom. The second-order valence-electron chi connectivity index (χ2n) is 7.60. The maximum Gasteiger partial charge on any atom is 0.349 e. The molecule has 0 unspecified atom stereocenters. The largest absolute Gasteiger partial charge is 0.467 e. The second-order valence-corrected chi connectivity index (χ2v) is 8.56. The Kier molecular flexibility index (Phi) is 7.29. The lowest BCUT2D eigenvalue weighted by molar-refractivity contribution is -0.113. The van der Waals surface area contributed by atoms with Gasteiger partial charge in [-0.2, -0.15) is 4.98 Å². The van der Waals surface area contributed by atoms with Gasteiger partial charge >= 0.3 is 11.7 Å². The summed E-state index contributed by atoms with van der Waals surface area (Å²) in [6.45, 7) is 2.32. The van der Waals surface area contributed by atoms with Gasteiger partial charge in [-0.15, -0.1) is 0 Å². The number of aromatic nitrogens is 2. The quantitative estimate of drug-likeness (QED) is 0.306. The summed E-state index contributed by atoms with van der Waals surface area (Å²) in [5.41, 5.74) is 2.34. The Hall–Kier alpha value is -3.33. The maximum atomic E-state index is 12.8. The molecule has 2 aromatic heterocycles. The number of carbonyl (C=O) groups is 2. The van der Waals surface area contributed by atoms with Crippen LogP contribution in [0, 0.1) is 0 Å². The Morgan fingerprint density at radius 1 is 1.18 bits per heavy atom. The van der Waals surface area contributed by atoms with Gasteiger partial charge in [-0.1, -0.05) is 23.9 Å². The highest BCUT2D eigenvalue weighted by Gasteiger charge is 2.22. The summed E-state index contributed by atoms with van der Waals surface area (Å²) in [6.07, 6.45) is 5.21. The molecule has 1 aromatic carbocycles. The standard InChI is InChI=1S/C24H25N3O5S/c1-2-31-23(29)17-9-3-5-11-19(17)25-21(28)15-33-22-18-10-4-6-12-20(18)27(24(30)26-22)14-16-8-7-13-32-16/h3,5,7-9,11,13H,2,4,6,10,12,14-15H2,1H3,(H,25,28). The molecule has 0 atom stereocenters. The normalized spacial score (nSPS) is 12.8. The predicted octanol–water partition coefficient (Wildman–Crippen LogP) is 3.67. The van der Waals surface area contributed by atoms with Crippen molar-refractivity contribution >= 4 is 29.3 Å². The number of para-hydroxylation sites is 1. The highest BCUT2D eigenvalue weighted by Crippen LogP contribution is 2.29. The van der Waals surface area contributed by atoms with E-state index in [1.165, 1.54) is 11.8 Å². The predicted molar refractivity (Wildman–Crippen MR) is 125 cm³/mol. The number of carbonyl (C=O) groups excluding carboxylic acids is 2. The van der Waals surface area contributed by atoms with E-state index in [1.807, 2.05) is 6.07 Å². The number of furan rings is 1. The van der Waals surface area contributed by atoms with Crippen LogP contribution in [0.1, 0.15) is 47.1 Å². The summed E-state index contributed by atoms with van der Waals surface area (Å²) in [6, 6.07) is 10.3. The van der Waals surface area contributed by atoms with Crippen molar-refractivity contribution in [1.29, 1.82) is 0 Å². The molecule has 1 aliphatic carbocycles. The number of hydrogen-bond donors (Lipinski definition) is 1. The summed E-state index contributed by atoms with van der Waals surface area (Å²) in [4.78, 5) is 41.9. The number of nitrogens with zero attached hydrogens (tertiary/aromatic N) is 2. The van der Waals surface area contributed by atoms with Crippen LogP contribution in [0.5, 0.6) is 0 Å². The lowest BCUT2D eigenvalue weighted by atomic mass is 9.97. The molecule has 33 heavy (non-hydrogen) atoms. The van der Waals surface area contributed by atoms with Crippen molar-refractivity contribution in [3.63, 3.8) is 0 Å². The van der Waals surface area contributed by atoms with Gasteiger partial charge in [-0.25, -0.2) is 9.59 Å². The molecule has 0 radical (unpaired) electrons. The highest BCUT2D eigenvalue weighted by atomic mass is 32.2. The molecule has 4 rings (SSSR count). The van der Waals surface area contributed by atoms with Gasteiger partial charge in [0.2, 0.25) is 5.91 Å². The minimum Gasteiger partial charge on any atom is -0.467 e. The molecule has 0 saturated carbocycles. The number of esters is 1. The molecule has 2 heterocycles. The number of anilines is 1. The number of amides is 1. The Balaban J connectivity index is 1.50. The molecule has 0 spiro atoms. The number of hydrogen-bond acceptors (Lipinski definition) is 7. The third-order valence-electron chi connectivity index (χ3n) is 5.38. The van der Waals surface area contributed by atoms with Crippen LogP contribution in [0.25, 0.3) is 0 Å². The van der Waals surface area contributed by atoms with Gasteiger partial charge in [0.25, 0.3) is 0 Å². The number of nitrogens with one attached hydrogen (secondary N) is 1. The molecular formula is C24H25N3O5S. The Morgan fingerprint density at radius 2 is 2.00 bits per heavy atom. The smallest absolute Gasteiger partial charge is 0.349 e. The van der Waals surface area contributed by atoms with Gasteiger partial charge in [0.1, 0.15) is 10.8 Å². The first-order valence-corrected chi connectivity index (χ1v) is 11.9. The molecular weight excluding hydrogens is 442 g/mol. The van der Waals surface area contributed by atoms with Gasteiger partial charge in [0.05, 0.1) is 36.4 Å². The number of fused-ring (bicyclic) bond motifs is 1. The van der Waals surface area contributed by atoms with E-state index in [1.54, 1.807) is 48.1 Å². The van der Waals surface area contributed by atoms with Gasteiger partial charge < -0.3 is 14.5 Å². The number of thioether (sulfide) groups is 1. The van der Waals surface area contributed by atoms with E-state index >= 15 is 0 Å². The number of rotatable bonds is 8. The second kappa shape index (κ2) is 10.5. The van der Waals surface area contributed by atoms with Crippen LogP contribution < -0.4 is 11.0 Å². The van der Waals surface area contributed by atoms with Gasteiger partial charge in [0, 0.05) is 11.3 Å². The van der Waals surface area contributed by atoms with Crippen LogP contribution >= 0.6 is 11.8 Å². The fraction of sp³-hybridized carbons (Fsp3) is 0.333. The zero-order chi connectivity index (χ0) is 23.2. The van der Waals surface area contributed by atoms with Crippen molar-refractivity contribution in [3.05, 3.63) is 75.7 Å². The molecule has 1 N–H and O–H groups in total. The van der Waals surface area contributed by atoms with E-state index < -0.39 is 5.97 Å². The number of ether oxygens (including phenoxy) is 1. The van der Waals surface area contributed by atoms with Crippen LogP contribution in [-0.2, 0) is 28.9 Å². The van der Waals surface area contributed by atoms with Crippen LogP contribution in [0.15, 0.2) is 56.9 Å². The zero-order valence-electron chi connectivity index (χ0n) is 18.3. The summed E-state index contributed by atoms with van der Waals surface area (Å²) in [5, 5.41) is 3.37. The third-order valence-corrected chi connectivity index (χ3v) is 6.40. The SMILES string of the molecule is CCOC(=O)c1ccccc1NC(=O)CSc1nc(=O)n(Cc2ccco2)c2c1CCCC2. The molecule has 1 aliphatic rings. The fourth-order valence-corrected chi connectivity index (χ4v) is 4.76. The van der Waals surface area contributed by atoms with Gasteiger partial charge in [0.15, 0.2) is 0 Å². The first-order valence-electron chi connectivity index (χ1n) is 10.9. The lowest BCUT2D eigenvalue weighted by Gasteiger charge is -2.22. The molecule has 1 amide bonds. The molecule has 0 aliphatic heterocycles. The molecule has 8 nitrogen and oxygen atoms in total. The average molecular weight is 468 g/mol. The summed E-state index contributed by atoms with van der Waals surface area (Å²) in [7, 11) is 0. The number of benzene rings is 1. The summed E-state index contributed by atoms with van der Waals surface area (Å²) < 4.78 is 12.1. The zero-order valence-corrected chi connectivity index (χ0v) is 19.2. The maximum absolute atomic E-state index is 12.8. The summed E-state index contributed by atoms with van der Waals surface area (Å²) in [5.74, 6) is -0.00957. The summed E-state index contributed by atoms with van der Waals surface area (Å²) >= 11 is 1.24. The van der Waals surface area contributed by atoms with Crippen molar-refractivity contribution in [1.82, 2.24) is 9.55 Å². The van der Waals surface area contributed by atoms with Crippen molar-refractivity contribution < 1.29 is 18.7 Å². The third kappa shape index (κ3) is 5.36. The topological polar surface area (TPSA) is 103 Å². The lowest BCUT2D eigenvalue weighted by Crippen LogP contribution is -2.30. The molecule has 172 valence electrons. The van der Waals surface area contributed by atoms with E-state index in [-0.39, 0.29) is 24.0 Å². The van der Waals surface area contributed by atoms with E-state index in [2.05, 4.69) is 10.3 Å². The minimum atomic E-state index is -0.489.